The maximum Gasteiger partial charge on any atom is 0.130 e. The van der Waals surface area contributed by atoms with Gasteiger partial charge in [0.25, 0.3) is 0 Å². The molecule has 0 amide bonds. The lowest BCUT2D eigenvalue weighted by atomic mass is 9.82. The highest BCUT2D eigenvalue weighted by molar-refractivity contribution is 6.04. The summed E-state index contributed by atoms with van der Waals surface area (Å²) in [6, 6.07) is 5.44. The number of aliphatic imine (C=N–C) groups is 1. The zero-order valence-corrected chi connectivity index (χ0v) is 17.6. The number of hydrogen-bond acceptors (Lipinski definition) is 2. The molecular formula is C25H40FNO. The van der Waals surface area contributed by atoms with E-state index in [1.807, 2.05) is 26.0 Å². The smallest absolute Gasteiger partial charge is 0.130 e. The Bertz CT molecular complexity index is 738. The van der Waals surface area contributed by atoms with E-state index in [1.54, 1.807) is 19.9 Å². The molecule has 1 aromatic carbocycles. The van der Waals surface area contributed by atoms with Gasteiger partial charge in [0.1, 0.15) is 11.6 Å². The molecule has 0 radical (unpaired) electrons. The molecule has 3 heteroatoms. The molecule has 2 aliphatic rings. The number of nitrogens with zero attached hydrogens (tertiary/aromatic N) is 1. The lowest BCUT2D eigenvalue weighted by Crippen LogP contribution is -2.11. The van der Waals surface area contributed by atoms with Crippen molar-refractivity contribution in [3.63, 3.8) is 0 Å². The molecule has 1 aromatic rings. The van der Waals surface area contributed by atoms with Crippen LogP contribution in [-0.2, 0) is 4.79 Å². The quantitative estimate of drug-likeness (QED) is 0.490. The maximum atomic E-state index is 13.8. The number of benzene rings is 1. The van der Waals surface area contributed by atoms with Crippen LogP contribution in [0.25, 0.3) is 0 Å². The minimum absolute atomic E-state index is 0. The summed E-state index contributed by atoms with van der Waals surface area (Å²) in [5, 5.41) is 0. The fraction of sp³-hybridized carbons (Fsp3) is 0.600. The number of aryl methyl sites for hydroxylation is 1. The molecule has 0 bridgehead atoms. The normalized spacial score (nSPS) is 19.1. The van der Waals surface area contributed by atoms with Gasteiger partial charge in [-0.05, 0) is 74.1 Å². The van der Waals surface area contributed by atoms with Crippen LogP contribution in [-0.4, -0.2) is 11.5 Å². The summed E-state index contributed by atoms with van der Waals surface area (Å²) in [5.74, 6) is 1.29. The molecule has 1 aliphatic carbocycles. The molecular weight excluding hydrogens is 349 g/mol. The summed E-state index contributed by atoms with van der Waals surface area (Å²) in [5.41, 5.74) is 5.31. The highest BCUT2D eigenvalue weighted by atomic mass is 19.1. The van der Waals surface area contributed by atoms with Crippen LogP contribution in [0.15, 0.2) is 34.5 Å². The van der Waals surface area contributed by atoms with Crippen LogP contribution < -0.4 is 0 Å². The number of rotatable bonds is 6. The van der Waals surface area contributed by atoms with Gasteiger partial charge in [-0.2, -0.15) is 0 Å². The van der Waals surface area contributed by atoms with Gasteiger partial charge in [-0.25, -0.2) is 4.39 Å². The van der Waals surface area contributed by atoms with Crippen molar-refractivity contribution >= 4 is 11.5 Å². The largest absolute Gasteiger partial charge is 0.300 e. The van der Waals surface area contributed by atoms with Crippen molar-refractivity contribution in [1.29, 1.82) is 0 Å². The van der Waals surface area contributed by atoms with Crippen molar-refractivity contribution in [2.24, 2.45) is 16.8 Å². The summed E-state index contributed by atoms with van der Waals surface area (Å²) >= 11 is 0. The molecule has 2 atom stereocenters. The molecule has 2 unspecified atom stereocenters. The van der Waals surface area contributed by atoms with E-state index in [4.69, 9.17) is 4.99 Å². The van der Waals surface area contributed by atoms with Gasteiger partial charge in [0, 0.05) is 20.0 Å². The van der Waals surface area contributed by atoms with Gasteiger partial charge in [-0.3, -0.25) is 4.99 Å². The van der Waals surface area contributed by atoms with E-state index in [1.165, 1.54) is 24.1 Å². The lowest BCUT2D eigenvalue weighted by molar-refractivity contribution is -0.117. The standard InChI is InChI=1S/C22H28FNO.C2H6.CH4.H2/c1-14(10-16(3)25)4-6-17-7-9-19-13-22(24-21(19)11-17)18-8-5-15(2)20(23)12-18;1-2;;/h5,8,12,14,17H,4,6-7,9-11,13H2,1-3H3;1-2H3;1H4;1H. The van der Waals surface area contributed by atoms with Crippen molar-refractivity contribution in [3.8, 4) is 0 Å². The fourth-order valence-corrected chi connectivity index (χ4v) is 4.06. The van der Waals surface area contributed by atoms with Gasteiger partial charge in [0.2, 0.25) is 0 Å². The van der Waals surface area contributed by atoms with Crippen molar-refractivity contribution in [2.45, 2.75) is 87.0 Å². The molecule has 3 rings (SSSR count). The van der Waals surface area contributed by atoms with Crippen LogP contribution >= 0.6 is 0 Å². The highest BCUT2D eigenvalue weighted by Gasteiger charge is 2.27. The van der Waals surface area contributed by atoms with E-state index in [9.17, 15) is 9.18 Å². The molecule has 1 aliphatic heterocycles. The Hall–Kier alpha value is -1.77. The zero-order valence-electron chi connectivity index (χ0n) is 17.6. The van der Waals surface area contributed by atoms with Crippen molar-refractivity contribution in [3.05, 3.63) is 46.4 Å². The summed E-state index contributed by atoms with van der Waals surface area (Å²) in [6.07, 6.45) is 7.24. The van der Waals surface area contributed by atoms with Gasteiger partial charge >= 0.3 is 0 Å². The molecule has 2 nitrogen and oxygen atoms in total. The molecule has 1 heterocycles. The third kappa shape index (κ3) is 6.39. The van der Waals surface area contributed by atoms with Gasteiger partial charge in [-0.15, -0.1) is 0 Å². The first-order valence-corrected chi connectivity index (χ1v) is 10.5. The van der Waals surface area contributed by atoms with E-state index in [-0.39, 0.29) is 20.5 Å². The van der Waals surface area contributed by atoms with Gasteiger partial charge in [0.15, 0.2) is 0 Å². The number of Topliss-reactive ketones (excluding diaryl/α,β-unsaturated/α-hetero) is 1. The van der Waals surface area contributed by atoms with Gasteiger partial charge < -0.3 is 4.79 Å². The van der Waals surface area contributed by atoms with Gasteiger partial charge in [-0.1, -0.05) is 46.8 Å². The Kier molecular flexibility index (Phi) is 9.78. The van der Waals surface area contributed by atoms with Crippen LogP contribution in [0.4, 0.5) is 4.39 Å². The van der Waals surface area contributed by atoms with E-state index in [2.05, 4.69) is 6.92 Å². The minimum Gasteiger partial charge on any atom is -0.300 e. The average Bonchev–Trinajstić information content (AvgIpc) is 3.06. The first-order valence-electron chi connectivity index (χ1n) is 10.5. The molecule has 0 aromatic heterocycles. The number of hydrogen-bond donors (Lipinski definition) is 0. The third-order valence-corrected chi connectivity index (χ3v) is 5.60. The molecule has 0 fully saturated rings. The maximum absolute atomic E-state index is 13.8. The summed E-state index contributed by atoms with van der Waals surface area (Å²) in [7, 11) is 0. The lowest BCUT2D eigenvalue weighted by Gasteiger charge is -2.23. The van der Waals surface area contributed by atoms with E-state index >= 15 is 0 Å². The highest BCUT2D eigenvalue weighted by Crippen LogP contribution is 2.39. The van der Waals surface area contributed by atoms with E-state index in [0.717, 1.165) is 37.0 Å². The van der Waals surface area contributed by atoms with Crippen LogP contribution in [0.2, 0.25) is 0 Å². The Labute approximate surface area is 172 Å². The van der Waals surface area contributed by atoms with Crippen LogP contribution in [0.5, 0.6) is 0 Å². The van der Waals surface area contributed by atoms with Crippen molar-refractivity contribution in [2.75, 3.05) is 0 Å². The molecule has 0 N–H and O–H groups in total. The second kappa shape index (κ2) is 11.3. The van der Waals surface area contributed by atoms with Crippen LogP contribution in [0, 0.1) is 24.6 Å². The fourth-order valence-electron chi connectivity index (χ4n) is 4.06. The van der Waals surface area contributed by atoms with Crippen molar-refractivity contribution in [1.82, 2.24) is 0 Å². The Morgan fingerprint density at radius 1 is 1.36 bits per heavy atom. The number of allylic oxidation sites excluding steroid dienone is 2. The zero-order chi connectivity index (χ0) is 20.0. The summed E-state index contributed by atoms with van der Waals surface area (Å²) in [6.45, 7) is 9.64. The number of halogens is 1. The first-order chi connectivity index (χ1) is 12.9. The monoisotopic (exact) mass is 389 g/mol. The van der Waals surface area contributed by atoms with E-state index in [0.29, 0.717) is 23.8 Å². The number of carbonyl (C=O) groups is 1. The summed E-state index contributed by atoms with van der Waals surface area (Å²) < 4.78 is 13.8. The second-order valence-corrected chi connectivity index (χ2v) is 7.95. The predicted molar refractivity (Wildman–Crippen MR) is 121 cm³/mol. The first kappa shape index (κ1) is 24.3. The SMILES string of the molecule is C.CC.CC(=O)CC(C)CCC1CCC2=C(C1)N=C(c1ccc(C)c(F)c1)C2.[HH]. The van der Waals surface area contributed by atoms with Crippen molar-refractivity contribution < 1.29 is 10.6 Å². The number of carbonyl (C=O) groups excluding carboxylic acids is 1. The predicted octanol–water partition coefficient (Wildman–Crippen LogP) is 7.68. The minimum atomic E-state index is -0.151. The molecule has 158 valence electrons. The average molecular weight is 390 g/mol. The Morgan fingerprint density at radius 3 is 2.71 bits per heavy atom. The Balaban J connectivity index is 0.00000190. The summed E-state index contributed by atoms with van der Waals surface area (Å²) in [4.78, 5) is 16.1. The number of ketones is 1. The second-order valence-electron chi connectivity index (χ2n) is 7.95. The van der Waals surface area contributed by atoms with Crippen LogP contribution in [0.3, 0.4) is 0 Å². The van der Waals surface area contributed by atoms with E-state index < -0.39 is 0 Å². The third-order valence-electron chi connectivity index (χ3n) is 5.60. The Morgan fingerprint density at radius 2 is 2.07 bits per heavy atom. The topological polar surface area (TPSA) is 29.4 Å². The molecule has 0 spiro atoms. The van der Waals surface area contributed by atoms with Gasteiger partial charge in [0.05, 0.1) is 5.71 Å². The van der Waals surface area contributed by atoms with Crippen LogP contribution in [0.1, 0.15) is 92.6 Å². The molecule has 28 heavy (non-hydrogen) atoms. The molecule has 0 saturated heterocycles. The molecule has 0 saturated carbocycles.